The minimum absolute atomic E-state index is 0.258. The van der Waals surface area contributed by atoms with E-state index in [2.05, 4.69) is 19.2 Å². The SMILES string of the molecule is CCCCCC(CCC)NCCO.O=[N+]([O-])c1cc([N+](=O)[O-])c(O)c([N+](=O)[O-])c1. The maximum absolute atomic E-state index is 10.4. The van der Waals surface area contributed by atoms with Gasteiger partial charge in [0.1, 0.15) is 0 Å². The molecule has 0 saturated carbocycles. The van der Waals surface area contributed by atoms with Crippen molar-refractivity contribution < 1.29 is 25.0 Å². The van der Waals surface area contributed by atoms with Crippen LogP contribution in [0.15, 0.2) is 12.1 Å². The summed E-state index contributed by atoms with van der Waals surface area (Å²) in [5, 5.41) is 52.3. The average Bonchev–Trinajstić information content (AvgIpc) is 2.66. The maximum Gasteiger partial charge on any atom is 0.324 e. The highest BCUT2D eigenvalue weighted by atomic mass is 16.6. The van der Waals surface area contributed by atoms with Crippen LogP contribution in [0.4, 0.5) is 17.1 Å². The summed E-state index contributed by atoms with van der Waals surface area (Å²) in [7, 11) is 0. The predicted molar refractivity (Wildman–Crippen MR) is 106 cm³/mol. The van der Waals surface area contributed by atoms with Crippen LogP contribution in [0.5, 0.6) is 5.75 Å². The molecule has 12 nitrogen and oxygen atoms in total. The van der Waals surface area contributed by atoms with E-state index in [1.807, 2.05) is 0 Å². The van der Waals surface area contributed by atoms with Crippen molar-refractivity contribution >= 4 is 17.1 Å². The summed E-state index contributed by atoms with van der Waals surface area (Å²) in [4.78, 5) is 27.8. The van der Waals surface area contributed by atoms with Gasteiger partial charge in [-0.2, -0.15) is 0 Å². The van der Waals surface area contributed by atoms with Crippen molar-refractivity contribution in [1.29, 1.82) is 0 Å². The molecule has 0 heterocycles. The van der Waals surface area contributed by atoms with Gasteiger partial charge in [0.05, 0.1) is 33.5 Å². The van der Waals surface area contributed by atoms with Crippen molar-refractivity contribution in [2.45, 2.75) is 58.4 Å². The lowest BCUT2D eigenvalue weighted by Gasteiger charge is -2.17. The summed E-state index contributed by atoms with van der Waals surface area (Å²) in [5.74, 6) is -1.21. The first kappa shape index (κ1) is 26.1. The number of unbranched alkanes of at least 4 members (excludes halogenated alkanes) is 2. The molecule has 3 N–H and O–H groups in total. The Bertz CT molecular complexity index is 648. The molecule has 0 bridgehead atoms. The van der Waals surface area contributed by atoms with Gasteiger partial charge in [-0.1, -0.05) is 39.5 Å². The first-order chi connectivity index (χ1) is 13.7. The van der Waals surface area contributed by atoms with Crippen LogP contribution in [0.3, 0.4) is 0 Å². The number of phenols is 1. The number of nitrogens with zero attached hydrogens (tertiary/aromatic N) is 3. The molecular formula is C17H28N4O8. The fraction of sp³-hybridized carbons (Fsp3) is 0.647. The predicted octanol–water partition coefficient (Wildman–Crippen LogP) is 3.43. The van der Waals surface area contributed by atoms with E-state index in [0.717, 1.165) is 6.54 Å². The zero-order valence-electron chi connectivity index (χ0n) is 16.6. The van der Waals surface area contributed by atoms with Crippen molar-refractivity contribution in [3.05, 3.63) is 42.5 Å². The van der Waals surface area contributed by atoms with Gasteiger partial charge in [-0.25, -0.2) is 0 Å². The molecule has 1 atom stereocenters. The number of rotatable bonds is 12. The van der Waals surface area contributed by atoms with Crippen LogP contribution in [-0.2, 0) is 0 Å². The summed E-state index contributed by atoms with van der Waals surface area (Å²) in [6.45, 7) is 5.45. The average molecular weight is 416 g/mol. The zero-order valence-corrected chi connectivity index (χ0v) is 16.6. The Morgan fingerprint density at radius 2 is 1.48 bits per heavy atom. The van der Waals surface area contributed by atoms with Crippen LogP contribution in [0.2, 0.25) is 0 Å². The molecule has 0 amide bonds. The lowest BCUT2D eigenvalue weighted by atomic mass is 10.0. The molecule has 12 heteroatoms. The van der Waals surface area contributed by atoms with Gasteiger partial charge < -0.3 is 15.5 Å². The van der Waals surface area contributed by atoms with E-state index in [4.69, 9.17) is 10.2 Å². The highest BCUT2D eigenvalue weighted by molar-refractivity contribution is 5.64. The molecule has 0 aromatic heterocycles. The quantitative estimate of drug-likeness (QED) is 0.261. The van der Waals surface area contributed by atoms with Crippen molar-refractivity contribution in [3.63, 3.8) is 0 Å². The summed E-state index contributed by atoms with van der Waals surface area (Å²) < 4.78 is 0. The van der Waals surface area contributed by atoms with Crippen molar-refractivity contribution in [1.82, 2.24) is 5.32 Å². The van der Waals surface area contributed by atoms with Gasteiger partial charge in [0, 0.05) is 12.6 Å². The number of nitro groups is 3. The second kappa shape index (κ2) is 14.2. The van der Waals surface area contributed by atoms with Crippen LogP contribution in [0.1, 0.15) is 52.4 Å². The van der Waals surface area contributed by atoms with Gasteiger partial charge in [-0.15, -0.1) is 0 Å². The van der Waals surface area contributed by atoms with E-state index in [-0.39, 0.29) is 6.61 Å². The molecule has 0 saturated heterocycles. The van der Waals surface area contributed by atoms with E-state index in [0.29, 0.717) is 18.2 Å². The molecule has 0 aliphatic carbocycles. The van der Waals surface area contributed by atoms with Crippen LogP contribution in [-0.4, -0.2) is 44.2 Å². The number of hydrogen-bond donors (Lipinski definition) is 3. The van der Waals surface area contributed by atoms with Crippen molar-refractivity contribution in [3.8, 4) is 5.75 Å². The lowest BCUT2D eigenvalue weighted by molar-refractivity contribution is -0.404. The molecule has 0 fully saturated rings. The summed E-state index contributed by atoms with van der Waals surface area (Å²) >= 11 is 0. The minimum atomic E-state index is -1.21. The number of aliphatic hydroxyl groups excluding tert-OH is 1. The highest BCUT2D eigenvalue weighted by Gasteiger charge is 2.30. The van der Waals surface area contributed by atoms with Crippen molar-refractivity contribution in [2.75, 3.05) is 13.2 Å². The third-order valence-corrected chi connectivity index (χ3v) is 4.00. The number of benzene rings is 1. The Balaban J connectivity index is 0.000000555. The van der Waals surface area contributed by atoms with Gasteiger partial charge >= 0.3 is 11.4 Å². The molecule has 0 spiro atoms. The van der Waals surface area contributed by atoms with Crippen LogP contribution in [0.25, 0.3) is 0 Å². The van der Waals surface area contributed by atoms with Gasteiger partial charge in [-0.3, -0.25) is 30.3 Å². The second-order valence-corrected chi connectivity index (χ2v) is 6.26. The van der Waals surface area contributed by atoms with Gasteiger partial charge in [0.2, 0.25) is 0 Å². The van der Waals surface area contributed by atoms with Gasteiger partial charge in [-0.05, 0) is 12.8 Å². The number of hydrogen-bond acceptors (Lipinski definition) is 9. The van der Waals surface area contributed by atoms with Gasteiger partial charge in [0.15, 0.2) is 0 Å². The van der Waals surface area contributed by atoms with Gasteiger partial charge in [0.25, 0.3) is 11.4 Å². The molecular weight excluding hydrogens is 388 g/mol. The first-order valence-electron chi connectivity index (χ1n) is 9.33. The first-order valence-corrected chi connectivity index (χ1v) is 9.33. The highest BCUT2D eigenvalue weighted by Crippen LogP contribution is 2.38. The van der Waals surface area contributed by atoms with Crippen LogP contribution in [0, 0.1) is 30.3 Å². The molecule has 0 aliphatic heterocycles. The molecule has 1 aromatic carbocycles. The molecule has 1 rings (SSSR count). The molecule has 29 heavy (non-hydrogen) atoms. The zero-order chi connectivity index (χ0) is 22.4. The molecule has 0 aliphatic rings. The smallest absolute Gasteiger partial charge is 0.324 e. The summed E-state index contributed by atoms with van der Waals surface area (Å²) in [5.41, 5.74) is -3.00. The Morgan fingerprint density at radius 3 is 1.86 bits per heavy atom. The summed E-state index contributed by atoms with van der Waals surface area (Å²) in [6.07, 6.45) is 7.68. The topological polar surface area (TPSA) is 182 Å². The second-order valence-electron chi connectivity index (χ2n) is 6.26. The Morgan fingerprint density at radius 1 is 0.931 bits per heavy atom. The number of non-ortho nitro benzene ring substituents is 1. The van der Waals surface area contributed by atoms with Crippen LogP contribution < -0.4 is 5.32 Å². The third-order valence-electron chi connectivity index (χ3n) is 4.00. The molecule has 0 radical (unpaired) electrons. The standard InChI is InChI=1S/C11H25NO.C6H3N3O7/c1-3-5-6-8-11(7-4-2)12-9-10-13;10-6-4(8(13)14)1-3(7(11)12)2-5(6)9(15)16/h11-13H,3-10H2,1-2H3;1-2,10H. The summed E-state index contributed by atoms with van der Waals surface area (Å²) in [6, 6.07) is 1.52. The molecule has 1 unspecified atom stereocenters. The normalized spacial score (nSPS) is 11.3. The molecule has 164 valence electrons. The monoisotopic (exact) mass is 416 g/mol. The third kappa shape index (κ3) is 9.76. The Labute approximate surface area is 168 Å². The number of nitro benzene ring substituents is 3. The largest absolute Gasteiger partial charge is 0.497 e. The minimum Gasteiger partial charge on any atom is -0.497 e. The fourth-order valence-electron chi connectivity index (χ4n) is 2.58. The van der Waals surface area contributed by atoms with E-state index >= 15 is 0 Å². The van der Waals surface area contributed by atoms with E-state index < -0.39 is 37.6 Å². The van der Waals surface area contributed by atoms with E-state index in [1.165, 1.54) is 38.5 Å². The van der Waals surface area contributed by atoms with Crippen molar-refractivity contribution in [2.24, 2.45) is 0 Å². The number of aromatic hydroxyl groups is 1. The number of aliphatic hydroxyl groups is 1. The Hall–Kier alpha value is -2.86. The number of nitrogens with one attached hydrogen (secondary N) is 1. The number of phenolic OH excluding ortho intramolecular Hbond substituents is 1. The molecule has 1 aromatic rings. The van der Waals surface area contributed by atoms with E-state index in [1.54, 1.807) is 0 Å². The maximum atomic E-state index is 10.4. The van der Waals surface area contributed by atoms with E-state index in [9.17, 15) is 30.3 Å². The lowest BCUT2D eigenvalue weighted by Crippen LogP contribution is -2.31. The fourth-order valence-corrected chi connectivity index (χ4v) is 2.58. The Kier molecular flexibility index (Phi) is 12.8. The van der Waals surface area contributed by atoms with Crippen LogP contribution >= 0.6 is 0 Å².